The first-order valence-corrected chi connectivity index (χ1v) is 17.9. The molecule has 0 atom stereocenters. The van der Waals surface area contributed by atoms with Crippen LogP contribution in [0.2, 0.25) is 0 Å². The minimum absolute atomic E-state index is 0.000854. The van der Waals surface area contributed by atoms with Crippen molar-refractivity contribution in [2.24, 2.45) is 0 Å². The zero-order valence-corrected chi connectivity index (χ0v) is 30.9. The van der Waals surface area contributed by atoms with E-state index in [1.807, 2.05) is 66.7 Å². The summed E-state index contributed by atoms with van der Waals surface area (Å²) in [5.41, 5.74) is 5.12. The molecule has 16 heteroatoms. The standard InChI is InChI=1S/C42H11B15O/c43-28-21-18(13-10-8-12(9-11-13)14-5-3-7-17-19(14)15-4-1-2-6-16(15)58-17)22-24(32(47)40(55)38(53)29(22)44)20(23(21)31(46)39(54)37(28)52)25-26-27(34(49)36(51)30(25)45)35(50)42(57)41(56)33(26)48/h1-11H. The molecule has 1 heterocycles. The van der Waals surface area contributed by atoms with Gasteiger partial charge in [-0.1, -0.05) is 98.3 Å². The molecule has 9 aromatic rings. The molecule has 0 bridgehead atoms. The van der Waals surface area contributed by atoms with Crippen molar-refractivity contribution in [3.05, 3.63) is 66.7 Å². The summed E-state index contributed by atoms with van der Waals surface area (Å²) in [6.07, 6.45) is 0. The van der Waals surface area contributed by atoms with Crippen molar-refractivity contribution in [3.63, 3.8) is 0 Å². The van der Waals surface area contributed by atoms with Crippen molar-refractivity contribution in [2.45, 2.75) is 0 Å². The number of benzene rings is 8. The normalized spacial score (nSPS) is 11.8. The van der Waals surface area contributed by atoms with Crippen molar-refractivity contribution < 1.29 is 4.42 Å². The summed E-state index contributed by atoms with van der Waals surface area (Å²) in [4.78, 5) is 0. The van der Waals surface area contributed by atoms with E-state index in [9.17, 15) is 0 Å². The maximum Gasteiger partial charge on any atom is 0.136 e. The van der Waals surface area contributed by atoms with Crippen LogP contribution in [0.5, 0.6) is 0 Å². The molecule has 230 valence electrons. The molecule has 0 aliphatic rings. The number of para-hydroxylation sites is 1. The Hall–Kier alpha value is -4.69. The fraction of sp³-hybridized carbons (Fsp3) is 0. The highest BCUT2D eigenvalue weighted by Gasteiger charge is 2.28. The van der Waals surface area contributed by atoms with E-state index in [1.165, 1.54) is 0 Å². The second-order valence-corrected chi connectivity index (χ2v) is 14.4. The Labute approximate surface area is 356 Å². The maximum atomic E-state index is 7.00. The van der Waals surface area contributed by atoms with Gasteiger partial charge in [-0.05, 0) is 77.8 Å². The lowest BCUT2D eigenvalue weighted by Gasteiger charge is -2.31. The molecule has 1 nitrogen and oxygen atoms in total. The number of hydrogen-bond donors (Lipinski definition) is 0. The van der Waals surface area contributed by atoms with Crippen molar-refractivity contribution in [1.82, 2.24) is 0 Å². The quantitative estimate of drug-likeness (QED) is 0.133. The van der Waals surface area contributed by atoms with Crippen LogP contribution in [0, 0.1) is 0 Å². The van der Waals surface area contributed by atoms with Crippen molar-refractivity contribution >= 4 is 254 Å². The lowest BCUT2D eigenvalue weighted by Crippen LogP contribution is -2.53. The highest BCUT2D eigenvalue weighted by Crippen LogP contribution is 2.42. The number of furan rings is 1. The van der Waals surface area contributed by atoms with E-state index in [2.05, 4.69) is 0 Å². The Morgan fingerprint density at radius 2 is 0.638 bits per heavy atom. The summed E-state index contributed by atoms with van der Waals surface area (Å²) in [6.45, 7) is 0. The van der Waals surface area contributed by atoms with Gasteiger partial charge < -0.3 is 4.42 Å². The van der Waals surface area contributed by atoms with Gasteiger partial charge in [-0.2, -0.15) is 0 Å². The lowest BCUT2D eigenvalue weighted by atomic mass is 9.56. The highest BCUT2D eigenvalue weighted by molar-refractivity contribution is 6.75. The first kappa shape index (κ1) is 38.8. The van der Waals surface area contributed by atoms with Gasteiger partial charge in [0.2, 0.25) is 0 Å². The molecule has 9 rings (SSSR count). The molecule has 0 saturated carbocycles. The summed E-state index contributed by atoms with van der Waals surface area (Å²) in [6, 6.07) is 21.6. The van der Waals surface area contributed by atoms with E-state index in [-0.39, 0.29) is 115 Å². The van der Waals surface area contributed by atoms with Crippen LogP contribution in [-0.4, -0.2) is 118 Å². The SMILES string of the molecule is [B]c1c([B])c([B])c2c(-c3c4c([B])c([B])c([B])c([B])c4c(-c4ccc(-c5cccc6oc7ccccc7c56)cc4)c4c([B])c([B])c([B])c([B])c34)c([B])c([B])c([B])c2c1[B]. The van der Waals surface area contributed by atoms with E-state index < -0.39 is 0 Å². The van der Waals surface area contributed by atoms with Crippen LogP contribution >= 0.6 is 0 Å². The summed E-state index contributed by atoms with van der Waals surface area (Å²) in [5, 5.41) is 3.58. The van der Waals surface area contributed by atoms with Crippen LogP contribution in [0.4, 0.5) is 0 Å². The zero-order valence-electron chi connectivity index (χ0n) is 30.9. The van der Waals surface area contributed by atoms with Crippen LogP contribution in [0.3, 0.4) is 0 Å². The Morgan fingerprint density at radius 1 is 0.259 bits per heavy atom. The summed E-state index contributed by atoms with van der Waals surface area (Å²) in [7, 11) is 101. The van der Waals surface area contributed by atoms with Gasteiger partial charge in [-0.25, -0.2) is 0 Å². The van der Waals surface area contributed by atoms with Gasteiger partial charge in [0.1, 0.15) is 129 Å². The summed E-state index contributed by atoms with van der Waals surface area (Å²) < 4.78 is 6.17. The molecule has 0 saturated heterocycles. The highest BCUT2D eigenvalue weighted by atomic mass is 16.3. The van der Waals surface area contributed by atoms with Crippen LogP contribution < -0.4 is 81.9 Å². The van der Waals surface area contributed by atoms with E-state index in [1.54, 1.807) is 0 Å². The van der Waals surface area contributed by atoms with Gasteiger partial charge in [0, 0.05) is 10.8 Å². The third kappa shape index (κ3) is 5.18. The molecule has 0 amide bonds. The van der Waals surface area contributed by atoms with Crippen molar-refractivity contribution in [3.8, 4) is 33.4 Å². The predicted molar refractivity (Wildman–Crippen MR) is 263 cm³/mol. The lowest BCUT2D eigenvalue weighted by molar-refractivity contribution is 0.669. The molecule has 0 aliphatic carbocycles. The fourth-order valence-corrected chi connectivity index (χ4v) is 8.49. The van der Waals surface area contributed by atoms with Crippen LogP contribution in [-0.2, 0) is 0 Å². The average Bonchev–Trinajstić information content (AvgIpc) is 3.62. The molecule has 0 unspecified atom stereocenters. The molecular weight excluding hydrogens is 683 g/mol. The number of rotatable bonds is 3. The van der Waals surface area contributed by atoms with E-state index in [4.69, 9.17) is 122 Å². The second kappa shape index (κ2) is 13.7. The largest absolute Gasteiger partial charge is 0.456 e. The fourth-order valence-electron chi connectivity index (χ4n) is 8.49. The molecule has 58 heavy (non-hydrogen) atoms. The third-order valence-electron chi connectivity index (χ3n) is 11.5. The molecule has 8 aromatic carbocycles. The Morgan fingerprint density at radius 3 is 1.14 bits per heavy atom. The van der Waals surface area contributed by atoms with Crippen molar-refractivity contribution in [1.29, 1.82) is 0 Å². The monoisotopic (exact) mass is 696 g/mol. The van der Waals surface area contributed by atoms with Crippen molar-refractivity contribution in [2.75, 3.05) is 0 Å². The maximum absolute atomic E-state index is 7.00. The molecule has 30 radical (unpaired) electrons. The van der Waals surface area contributed by atoms with Gasteiger partial charge in [0.15, 0.2) is 0 Å². The van der Waals surface area contributed by atoms with E-state index in [0.29, 0.717) is 21.9 Å². The first-order chi connectivity index (χ1) is 27.6. The van der Waals surface area contributed by atoms with E-state index in [0.717, 1.165) is 33.1 Å². The van der Waals surface area contributed by atoms with Gasteiger partial charge in [0.25, 0.3) is 0 Å². The molecule has 0 N–H and O–H groups in total. The molecule has 0 spiro atoms. The Bertz CT molecular complexity index is 3250. The second-order valence-electron chi connectivity index (χ2n) is 14.4. The molecular formula is C42H11B15O. The zero-order chi connectivity index (χ0) is 41.4. The average molecular weight is 694 g/mol. The minimum Gasteiger partial charge on any atom is -0.456 e. The molecule has 0 aliphatic heterocycles. The topological polar surface area (TPSA) is 13.1 Å². The summed E-state index contributed by atoms with van der Waals surface area (Å²) >= 11 is 0. The van der Waals surface area contributed by atoms with E-state index >= 15 is 0 Å². The first-order valence-electron chi connectivity index (χ1n) is 17.9. The predicted octanol–water partition coefficient (Wildman–Crippen LogP) is -6.05. The van der Waals surface area contributed by atoms with Gasteiger partial charge in [-0.3, -0.25) is 0 Å². The smallest absolute Gasteiger partial charge is 0.136 e. The van der Waals surface area contributed by atoms with Gasteiger partial charge in [0.05, 0.1) is 0 Å². The Balaban J connectivity index is 1.49. The van der Waals surface area contributed by atoms with Crippen LogP contribution in [0.25, 0.3) is 87.6 Å². The number of fused-ring (bicyclic) bond motifs is 6. The Kier molecular flexibility index (Phi) is 9.16. The molecule has 1 aromatic heterocycles. The minimum atomic E-state index is -0.0379. The van der Waals surface area contributed by atoms with Crippen LogP contribution in [0.1, 0.15) is 0 Å². The number of hydrogen-bond acceptors (Lipinski definition) is 1. The molecule has 0 fully saturated rings. The van der Waals surface area contributed by atoms with Gasteiger partial charge >= 0.3 is 0 Å². The summed E-state index contributed by atoms with van der Waals surface area (Å²) in [5.74, 6) is 0. The van der Waals surface area contributed by atoms with Crippen LogP contribution in [0.15, 0.2) is 71.1 Å². The third-order valence-corrected chi connectivity index (χ3v) is 11.5. The van der Waals surface area contributed by atoms with Gasteiger partial charge in [-0.15, -0.1) is 38.2 Å².